The molecule has 0 amide bonds. The molecule has 3 aliphatic rings. The van der Waals surface area contributed by atoms with Gasteiger partial charge in [-0.3, -0.25) is 14.5 Å². The van der Waals surface area contributed by atoms with Crippen LogP contribution in [0.5, 0.6) is 0 Å². The highest BCUT2D eigenvalue weighted by atomic mass is 16.1. The van der Waals surface area contributed by atoms with E-state index in [1.165, 1.54) is 19.3 Å². The number of hydrogen-bond donors (Lipinski definition) is 2. The van der Waals surface area contributed by atoms with Crippen molar-refractivity contribution in [2.75, 3.05) is 31.1 Å². The number of nitrogens with zero attached hydrogens (tertiary/aromatic N) is 2. The van der Waals surface area contributed by atoms with Crippen molar-refractivity contribution < 1.29 is 9.59 Å². The number of nitrogens with two attached hydrogens (primary N) is 1. The Balaban J connectivity index is 1.44. The van der Waals surface area contributed by atoms with Crippen LogP contribution in [-0.4, -0.2) is 53.7 Å². The SMILES string of the molecule is CC(=O)c1cc2c(cc1N1CCN(C3CCC3)CC1)C(C)(C)c1[nH]c3cc(CN)ccc3c1C2=O. The van der Waals surface area contributed by atoms with Gasteiger partial charge in [-0.25, -0.2) is 0 Å². The highest BCUT2D eigenvalue weighted by Gasteiger charge is 2.41. The Hall–Kier alpha value is -2.96. The lowest BCUT2D eigenvalue weighted by Gasteiger charge is -2.44. The summed E-state index contributed by atoms with van der Waals surface area (Å²) in [7, 11) is 0. The molecule has 0 atom stereocenters. The first-order chi connectivity index (χ1) is 16.8. The van der Waals surface area contributed by atoms with Gasteiger partial charge in [-0.15, -0.1) is 0 Å². The first-order valence-corrected chi connectivity index (χ1v) is 12.9. The summed E-state index contributed by atoms with van der Waals surface area (Å²) >= 11 is 0. The Bertz CT molecular complexity index is 1360. The van der Waals surface area contributed by atoms with Crippen molar-refractivity contribution in [1.29, 1.82) is 0 Å². The number of piperazine rings is 1. The number of hydrogen-bond acceptors (Lipinski definition) is 5. The van der Waals surface area contributed by atoms with Crippen LogP contribution < -0.4 is 10.6 Å². The molecule has 6 nitrogen and oxygen atoms in total. The second-order valence-corrected chi connectivity index (χ2v) is 11.0. The number of Topliss-reactive ketones (excluding diaryl/α,β-unsaturated/α-hetero) is 1. The van der Waals surface area contributed by atoms with Gasteiger partial charge in [-0.2, -0.15) is 0 Å². The maximum atomic E-state index is 13.9. The number of aromatic amines is 1. The summed E-state index contributed by atoms with van der Waals surface area (Å²) in [4.78, 5) is 35.2. The first-order valence-electron chi connectivity index (χ1n) is 12.9. The van der Waals surface area contributed by atoms with Crippen LogP contribution in [0.3, 0.4) is 0 Å². The summed E-state index contributed by atoms with van der Waals surface area (Å²) < 4.78 is 0. The van der Waals surface area contributed by atoms with Gasteiger partial charge in [0, 0.05) is 77.6 Å². The molecule has 2 aliphatic carbocycles. The molecule has 6 heteroatoms. The minimum atomic E-state index is -0.404. The highest BCUT2D eigenvalue weighted by Crippen LogP contribution is 2.46. The van der Waals surface area contributed by atoms with Crippen molar-refractivity contribution in [2.24, 2.45) is 5.73 Å². The third kappa shape index (κ3) is 3.38. The minimum Gasteiger partial charge on any atom is -0.368 e. The van der Waals surface area contributed by atoms with Crippen molar-refractivity contribution in [3.8, 4) is 0 Å². The maximum absolute atomic E-state index is 13.9. The molecule has 1 aromatic heterocycles. The standard InChI is InChI=1S/C29H34N4O2/c1-17(34)21-14-22-23(15-25(21)33-11-9-32(10-12-33)19-5-4-6-19)29(2,3)28-26(27(22)35)20-8-7-18(16-30)13-24(20)31-28/h7-8,13-15,19,31H,4-6,9-12,16,30H2,1-3H3. The fourth-order valence-corrected chi connectivity index (χ4v) is 6.26. The van der Waals surface area contributed by atoms with Crippen LogP contribution in [0.25, 0.3) is 10.9 Å². The topological polar surface area (TPSA) is 82.4 Å². The zero-order valence-corrected chi connectivity index (χ0v) is 20.9. The second-order valence-electron chi connectivity index (χ2n) is 11.0. The molecule has 35 heavy (non-hydrogen) atoms. The number of benzene rings is 2. The summed E-state index contributed by atoms with van der Waals surface area (Å²) in [5.74, 6) is -0.00272. The predicted octanol–water partition coefficient (Wildman–Crippen LogP) is 4.37. The summed E-state index contributed by atoms with van der Waals surface area (Å²) in [5.41, 5.74) is 12.3. The molecule has 0 spiro atoms. The lowest BCUT2D eigenvalue weighted by molar-refractivity contribution is 0.101. The molecule has 182 valence electrons. The van der Waals surface area contributed by atoms with Crippen molar-refractivity contribution >= 4 is 28.2 Å². The van der Waals surface area contributed by atoms with E-state index < -0.39 is 5.41 Å². The molecule has 0 unspecified atom stereocenters. The molecule has 3 aromatic rings. The van der Waals surface area contributed by atoms with E-state index in [9.17, 15) is 9.59 Å². The number of ketones is 2. The number of aromatic nitrogens is 1. The number of carbonyl (C=O) groups excluding carboxylic acids is 2. The Morgan fingerprint density at radius 1 is 1.11 bits per heavy atom. The molecule has 1 saturated heterocycles. The molecule has 1 aliphatic heterocycles. The van der Waals surface area contributed by atoms with Crippen LogP contribution in [0, 0.1) is 0 Å². The molecule has 2 heterocycles. The fourth-order valence-electron chi connectivity index (χ4n) is 6.26. The summed E-state index contributed by atoms with van der Waals surface area (Å²) in [6.07, 6.45) is 3.97. The molecule has 2 fully saturated rings. The van der Waals surface area contributed by atoms with E-state index in [0.29, 0.717) is 17.7 Å². The van der Waals surface area contributed by atoms with Gasteiger partial charge in [0.15, 0.2) is 11.6 Å². The van der Waals surface area contributed by atoms with Gasteiger partial charge >= 0.3 is 0 Å². The summed E-state index contributed by atoms with van der Waals surface area (Å²) in [6.45, 7) is 10.3. The number of rotatable bonds is 4. The van der Waals surface area contributed by atoms with Crippen LogP contribution in [0.1, 0.15) is 83.1 Å². The Kier molecular flexibility index (Phi) is 5.17. The number of anilines is 1. The number of carbonyl (C=O) groups is 2. The van der Waals surface area contributed by atoms with E-state index >= 15 is 0 Å². The third-order valence-corrected chi connectivity index (χ3v) is 8.63. The fraction of sp³-hybridized carbons (Fsp3) is 0.448. The van der Waals surface area contributed by atoms with Gasteiger partial charge in [0.2, 0.25) is 0 Å². The van der Waals surface area contributed by atoms with E-state index in [1.54, 1.807) is 6.92 Å². The van der Waals surface area contributed by atoms with E-state index in [4.69, 9.17) is 5.73 Å². The molecular weight excluding hydrogens is 436 g/mol. The van der Waals surface area contributed by atoms with Crippen molar-refractivity contribution in [3.05, 3.63) is 63.8 Å². The largest absolute Gasteiger partial charge is 0.368 e. The lowest BCUT2D eigenvalue weighted by Crippen LogP contribution is -2.52. The van der Waals surface area contributed by atoms with Crippen LogP contribution >= 0.6 is 0 Å². The van der Waals surface area contributed by atoms with Crippen LogP contribution in [0.15, 0.2) is 30.3 Å². The van der Waals surface area contributed by atoms with Gasteiger partial charge in [0.05, 0.1) is 5.56 Å². The molecule has 2 aromatic carbocycles. The third-order valence-electron chi connectivity index (χ3n) is 8.63. The zero-order chi connectivity index (χ0) is 24.5. The maximum Gasteiger partial charge on any atom is 0.195 e. The van der Waals surface area contributed by atoms with Crippen molar-refractivity contribution in [1.82, 2.24) is 9.88 Å². The van der Waals surface area contributed by atoms with Crippen molar-refractivity contribution in [3.63, 3.8) is 0 Å². The first kappa shape index (κ1) is 22.5. The van der Waals surface area contributed by atoms with Crippen LogP contribution in [-0.2, 0) is 12.0 Å². The smallest absolute Gasteiger partial charge is 0.195 e. The Labute approximate surface area is 206 Å². The van der Waals surface area contributed by atoms with Gasteiger partial charge in [-0.05, 0) is 49.1 Å². The van der Waals surface area contributed by atoms with Crippen LogP contribution in [0.2, 0.25) is 0 Å². The lowest BCUT2D eigenvalue weighted by atomic mass is 9.70. The monoisotopic (exact) mass is 470 g/mol. The average Bonchev–Trinajstić information content (AvgIpc) is 3.21. The Morgan fingerprint density at radius 3 is 2.49 bits per heavy atom. The zero-order valence-electron chi connectivity index (χ0n) is 20.9. The van der Waals surface area contributed by atoms with Crippen molar-refractivity contribution in [2.45, 2.75) is 58.0 Å². The van der Waals surface area contributed by atoms with Gasteiger partial charge in [0.25, 0.3) is 0 Å². The van der Waals surface area contributed by atoms with Gasteiger partial charge in [0.1, 0.15) is 0 Å². The summed E-state index contributed by atoms with van der Waals surface area (Å²) in [5, 5.41) is 0.918. The molecule has 6 rings (SSSR count). The van der Waals surface area contributed by atoms with E-state index in [0.717, 1.165) is 71.2 Å². The second kappa shape index (κ2) is 8.04. The molecule has 0 bridgehead atoms. The molecular formula is C29H34N4O2. The number of nitrogens with one attached hydrogen (secondary N) is 1. The van der Waals surface area contributed by atoms with Gasteiger partial charge < -0.3 is 15.6 Å². The number of fused-ring (bicyclic) bond motifs is 4. The minimum absolute atomic E-state index is 0.00661. The quantitative estimate of drug-likeness (QED) is 0.553. The predicted molar refractivity (Wildman–Crippen MR) is 140 cm³/mol. The number of H-pyrrole nitrogens is 1. The molecule has 0 radical (unpaired) electrons. The van der Waals surface area contributed by atoms with E-state index in [-0.39, 0.29) is 11.6 Å². The Morgan fingerprint density at radius 2 is 1.86 bits per heavy atom. The highest BCUT2D eigenvalue weighted by molar-refractivity contribution is 6.21. The average molecular weight is 471 g/mol. The summed E-state index contributed by atoms with van der Waals surface area (Å²) in [6, 6.07) is 10.8. The van der Waals surface area contributed by atoms with Crippen LogP contribution in [0.4, 0.5) is 5.69 Å². The van der Waals surface area contributed by atoms with E-state index in [1.807, 2.05) is 24.3 Å². The van der Waals surface area contributed by atoms with Gasteiger partial charge in [-0.1, -0.05) is 32.4 Å². The normalized spacial score (nSPS) is 20.0. The van der Waals surface area contributed by atoms with E-state index in [2.05, 4.69) is 34.7 Å². The molecule has 3 N–H and O–H groups in total. The molecule has 1 saturated carbocycles.